The molecule has 5 rings (SSSR count). The molecule has 1 aromatic heterocycles. The fourth-order valence-electron chi connectivity index (χ4n) is 3.94. The van der Waals surface area contributed by atoms with Gasteiger partial charge in [0, 0.05) is 36.2 Å². The minimum Gasteiger partial charge on any atom is -0.225 e. The molecule has 13 heteroatoms. The number of benzene rings is 2. The van der Waals surface area contributed by atoms with Crippen LogP contribution in [0.5, 0.6) is 0 Å². The molecular formula is C24H28Cl2N10S. The lowest BCUT2D eigenvalue weighted by atomic mass is 10.3. The molecule has 0 atom stereocenters. The highest BCUT2D eigenvalue weighted by molar-refractivity contribution is 7.07. The summed E-state index contributed by atoms with van der Waals surface area (Å²) in [5.41, 5.74) is 8.42. The van der Waals surface area contributed by atoms with E-state index < -0.39 is 0 Å². The summed E-state index contributed by atoms with van der Waals surface area (Å²) in [5.74, 6) is 0.499. The maximum absolute atomic E-state index is 6.07. The molecule has 2 N–H and O–H groups in total. The van der Waals surface area contributed by atoms with E-state index in [9.17, 15) is 0 Å². The first-order valence-corrected chi connectivity index (χ1v) is 13.7. The third-order valence-corrected chi connectivity index (χ3v) is 7.02. The van der Waals surface area contributed by atoms with Crippen LogP contribution in [0.15, 0.2) is 58.7 Å². The van der Waals surface area contributed by atoms with Crippen LogP contribution >= 0.6 is 34.7 Å². The highest BCUT2D eigenvalue weighted by Gasteiger charge is 2.16. The van der Waals surface area contributed by atoms with E-state index in [2.05, 4.69) is 40.6 Å². The van der Waals surface area contributed by atoms with Crippen molar-refractivity contribution in [3.05, 3.63) is 69.4 Å². The van der Waals surface area contributed by atoms with E-state index in [-0.39, 0.29) is 0 Å². The zero-order chi connectivity index (χ0) is 25.5. The lowest BCUT2D eigenvalue weighted by Crippen LogP contribution is -2.46. The third kappa shape index (κ3) is 7.45. The number of halogens is 2. The highest BCUT2D eigenvalue weighted by Crippen LogP contribution is 2.19. The molecular weight excluding hydrogens is 531 g/mol. The number of rotatable bonds is 10. The Hall–Kier alpha value is -2.64. The van der Waals surface area contributed by atoms with Crippen molar-refractivity contribution in [2.75, 3.05) is 36.4 Å². The Kier molecular flexibility index (Phi) is 8.95. The van der Waals surface area contributed by atoms with Crippen molar-refractivity contribution >= 4 is 58.5 Å². The average Bonchev–Trinajstić information content (AvgIpc) is 3.69. The van der Waals surface area contributed by atoms with Gasteiger partial charge in [-0.3, -0.25) is 0 Å². The van der Waals surface area contributed by atoms with Crippen molar-refractivity contribution in [1.82, 2.24) is 30.4 Å². The van der Waals surface area contributed by atoms with Gasteiger partial charge in [-0.15, -0.1) is 11.1 Å². The molecule has 3 aromatic rings. The zero-order valence-corrected chi connectivity index (χ0v) is 22.5. The van der Waals surface area contributed by atoms with Crippen molar-refractivity contribution < 1.29 is 0 Å². The molecule has 0 radical (unpaired) electrons. The number of nitrogens with zero attached hydrogens (tertiary/aromatic N) is 8. The molecule has 2 aliphatic heterocycles. The van der Waals surface area contributed by atoms with E-state index in [1.165, 1.54) is 11.5 Å². The topological polar surface area (TPSA) is 87.5 Å². The van der Waals surface area contributed by atoms with Gasteiger partial charge < -0.3 is 0 Å². The number of nitrogens with one attached hydrogen (secondary N) is 2. The summed E-state index contributed by atoms with van der Waals surface area (Å²) in [5, 5.41) is 18.9. The number of hydrazine groups is 4. The summed E-state index contributed by atoms with van der Waals surface area (Å²) in [7, 11) is 0. The first kappa shape index (κ1) is 26.0. The molecule has 0 amide bonds. The van der Waals surface area contributed by atoms with Crippen molar-refractivity contribution in [3.63, 3.8) is 0 Å². The Balaban J connectivity index is 1.29. The van der Waals surface area contributed by atoms with Crippen molar-refractivity contribution in [2.24, 2.45) is 10.2 Å². The van der Waals surface area contributed by atoms with Crippen LogP contribution in [0, 0.1) is 0 Å². The third-order valence-electron chi connectivity index (χ3n) is 5.86. The number of hydrogen-bond acceptors (Lipinski definition) is 11. The predicted molar refractivity (Wildman–Crippen MR) is 151 cm³/mol. The van der Waals surface area contributed by atoms with Gasteiger partial charge in [0.05, 0.1) is 23.8 Å². The van der Waals surface area contributed by atoms with Crippen molar-refractivity contribution in [3.8, 4) is 0 Å². The van der Waals surface area contributed by atoms with Gasteiger partial charge in [-0.05, 0) is 85.7 Å². The fourth-order valence-corrected chi connectivity index (χ4v) is 4.69. The van der Waals surface area contributed by atoms with Gasteiger partial charge >= 0.3 is 0 Å². The van der Waals surface area contributed by atoms with Gasteiger partial charge in [0.1, 0.15) is 0 Å². The van der Waals surface area contributed by atoms with Gasteiger partial charge in [0.2, 0.25) is 0 Å². The lowest BCUT2D eigenvalue weighted by molar-refractivity contribution is 0.226. The smallest absolute Gasteiger partial charge is 0.186 e. The molecule has 2 aromatic carbocycles. The average molecular weight is 560 g/mol. The van der Waals surface area contributed by atoms with Crippen LogP contribution in [-0.4, -0.2) is 58.0 Å². The monoisotopic (exact) mass is 558 g/mol. The van der Waals surface area contributed by atoms with Gasteiger partial charge in [0.15, 0.2) is 10.8 Å². The number of hydrazone groups is 2. The molecule has 37 heavy (non-hydrogen) atoms. The minimum atomic E-state index is 0.499. The van der Waals surface area contributed by atoms with Crippen molar-refractivity contribution in [1.29, 1.82) is 0 Å². The van der Waals surface area contributed by atoms with E-state index in [1.807, 2.05) is 48.5 Å². The number of anilines is 2. The number of aromatic nitrogens is 2. The summed E-state index contributed by atoms with van der Waals surface area (Å²) < 4.78 is 4.43. The van der Waals surface area contributed by atoms with Crippen LogP contribution in [0.2, 0.25) is 10.0 Å². The van der Waals surface area contributed by atoms with Crippen LogP contribution in [0.1, 0.15) is 36.5 Å². The summed E-state index contributed by atoms with van der Waals surface area (Å²) in [6, 6.07) is 15.0. The summed E-state index contributed by atoms with van der Waals surface area (Å²) in [6.07, 6.45) is 7.94. The summed E-state index contributed by atoms with van der Waals surface area (Å²) in [6.45, 7) is 3.86. The highest BCUT2D eigenvalue weighted by atomic mass is 35.5. The van der Waals surface area contributed by atoms with E-state index in [1.54, 1.807) is 22.7 Å². The molecule has 2 aliphatic rings. The Morgan fingerprint density at radius 2 is 1.19 bits per heavy atom. The molecule has 2 fully saturated rings. The molecule has 2 saturated heterocycles. The molecule has 0 aliphatic carbocycles. The molecule has 0 bridgehead atoms. The second-order valence-corrected chi connectivity index (χ2v) is 10.3. The van der Waals surface area contributed by atoms with Gasteiger partial charge in [0.25, 0.3) is 0 Å². The zero-order valence-electron chi connectivity index (χ0n) is 20.2. The van der Waals surface area contributed by atoms with E-state index >= 15 is 0 Å². The van der Waals surface area contributed by atoms with E-state index in [4.69, 9.17) is 23.2 Å². The maximum atomic E-state index is 6.07. The molecule has 0 spiro atoms. The molecule has 10 nitrogen and oxygen atoms in total. The SMILES string of the molecule is Clc1ccc(N(/N=C/c2nsc(/C=N/N(NN3CCCC3)c3ccc(Cl)cc3)n2)NN2CCCC2)cc1. The summed E-state index contributed by atoms with van der Waals surface area (Å²) >= 11 is 13.4. The van der Waals surface area contributed by atoms with Crippen LogP contribution in [0.4, 0.5) is 11.4 Å². The van der Waals surface area contributed by atoms with Gasteiger partial charge in [-0.2, -0.15) is 24.8 Å². The molecule has 3 heterocycles. The Morgan fingerprint density at radius 3 is 1.68 bits per heavy atom. The normalized spacial score (nSPS) is 16.9. The van der Waals surface area contributed by atoms with Crippen molar-refractivity contribution in [2.45, 2.75) is 25.7 Å². The quantitative estimate of drug-likeness (QED) is 0.276. The second-order valence-electron chi connectivity index (χ2n) is 8.64. The lowest BCUT2D eigenvalue weighted by Gasteiger charge is -2.26. The van der Waals surface area contributed by atoms with Crippen LogP contribution in [0.3, 0.4) is 0 Å². The van der Waals surface area contributed by atoms with Crippen LogP contribution in [-0.2, 0) is 0 Å². The van der Waals surface area contributed by atoms with E-state index in [0.29, 0.717) is 20.9 Å². The van der Waals surface area contributed by atoms with E-state index in [0.717, 1.165) is 63.2 Å². The Morgan fingerprint density at radius 1 is 0.730 bits per heavy atom. The second kappa shape index (κ2) is 12.7. The van der Waals surface area contributed by atoms with Crippen LogP contribution in [0.25, 0.3) is 0 Å². The fraction of sp³-hybridized carbons (Fsp3) is 0.333. The minimum absolute atomic E-state index is 0.499. The molecule has 0 unspecified atom stereocenters. The standard InChI is InChI=1S/C24H28Cl2N10S/c25-19-5-9-21(10-6-19)35(31-33-13-1-2-14-33)27-17-23-29-24(37-30-23)18-28-36(32-34-15-3-4-16-34)22-11-7-20(26)8-12-22/h5-12,17-18,31-32H,1-4,13-16H2/b27-17+,28-18+. The maximum Gasteiger partial charge on any atom is 0.186 e. The van der Waals surface area contributed by atoms with Gasteiger partial charge in [-0.1, -0.05) is 23.2 Å². The molecule has 0 saturated carbocycles. The largest absolute Gasteiger partial charge is 0.225 e. The Bertz CT molecular complexity index is 1100. The molecule has 194 valence electrons. The first-order valence-electron chi connectivity index (χ1n) is 12.2. The summed E-state index contributed by atoms with van der Waals surface area (Å²) in [4.78, 5) is 4.56. The van der Waals surface area contributed by atoms with Crippen LogP contribution < -0.4 is 21.3 Å². The number of hydrogen-bond donors (Lipinski definition) is 2. The Labute approximate surface area is 230 Å². The van der Waals surface area contributed by atoms with Gasteiger partial charge in [-0.25, -0.2) is 15.0 Å². The predicted octanol–water partition coefficient (Wildman–Crippen LogP) is 4.56. The first-order chi connectivity index (χ1) is 18.1.